The van der Waals surface area contributed by atoms with Crippen LogP contribution in [0.4, 0.5) is 5.13 Å². The molecule has 1 N–H and O–H groups in total. The van der Waals surface area contributed by atoms with Crippen molar-refractivity contribution in [1.29, 1.82) is 0 Å². The molecule has 0 saturated heterocycles. The number of aryl methyl sites for hydroxylation is 1. The van der Waals surface area contributed by atoms with Gasteiger partial charge in [0.2, 0.25) is 5.91 Å². The van der Waals surface area contributed by atoms with Gasteiger partial charge in [-0.1, -0.05) is 35.6 Å². The highest BCUT2D eigenvalue weighted by Crippen LogP contribution is 2.30. The Morgan fingerprint density at radius 2 is 1.96 bits per heavy atom. The number of thiazole rings is 1. The molecule has 0 aliphatic carbocycles. The smallest absolute Gasteiger partial charge is 0.232 e. The van der Waals surface area contributed by atoms with E-state index in [2.05, 4.69) is 33.2 Å². The first kappa shape index (κ1) is 20.3. The number of amides is 1. The molecule has 6 heteroatoms. The Balaban J connectivity index is 1.70. The van der Waals surface area contributed by atoms with Crippen LogP contribution in [0, 0.1) is 6.92 Å². The Kier molecular flexibility index (Phi) is 7.01. The van der Waals surface area contributed by atoms with Gasteiger partial charge < -0.3 is 9.64 Å². The first-order valence-corrected chi connectivity index (χ1v) is 10.5. The third kappa shape index (κ3) is 5.53. The molecule has 3 aromatic rings. The van der Waals surface area contributed by atoms with Crippen LogP contribution in [0.3, 0.4) is 0 Å². The zero-order chi connectivity index (χ0) is 19.9. The van der Waals surface area contributed by atoms with Crippen LogP contribution in [0.15, 0.2) is 48.5 Å². The lowest BCUT2D eigenvalue weighted by Gasteiger charge is -2.20. The molecule has 0 saturated carbocycles. The molecule has 0 bridgehead atoms. The topological polar surface area (TPSA) is 46.9 Å². The molecular formula is C22H28N3O2S+. The van der Waals surface area contributed by atoms with Crippen molar-refractivity contribution in [1.82, 2.24) is 4.98 Å². The second-order valence-corrected chi connectivity index (χ2v) is 8.24. The van der Waals surface area contributed by atoms with E-state index in [1.165, 1.54) is 10.5 Å². The summed E-state index contributed by atoms with van der Waals surface area (Å²) < 4.78 is 6.83. The maximum Gasteiger partial charge on any atom is 0.232 e. The summed E-state index contributed by atoms with van der Waals surface area (Å²) in [7, 11) is 4.25. The van der Waals surface area contributed by atoms with Crippen LogP contribution in [0.1, 0.15) is 18.4 Å². The number of benzene rings is 2. The number of ether oxygens (including phenoxy) is 1. The molecular weight excluding hydrogens is 370 g/mol. The molecule has 5 nitrogen and oxygen atoms in total. The molecule has 1 heterocycles. The minimum atomic E-state index is 0.0560. The average molecular weight is 399 g/mol. The van der Waals surface area contributed by atoms with Crippen LogP contribution in [0.25, 0.3) is 10.2 Å². The van der Waals surface area contributed by atoms with E-state index in [9.17, 15) is 4.79 Å². The summed E-state index contributed by atoms with van der Waals surface area (Å²) in [6, 6.07) is 15.8. The van der Waals surface area contributed by atoms with Gasteiger partial charge in [-0.25, -0.2) is 4.98 Å². The Morgan fingerprint density at radius 1 is 1.18 bits per heavy atom. The molecule has 28 heavy (non-hydrogen) atoms. The van der Waals surface area contributed by atoms with Gasteiger partial charge in [-0.05, 0) is 36.8 Å². The normalized spacial score (nSPS) is 11.1. The molecule has 0 unspecified atom stereocenters. The minimum Gasteiger partial charge on any atom is -0.493 e. The number of carbonyl (C=O) groups excluding carboxylic acids is 1. The summed E-state index contributed by atoms with van der Waals surface area (Å²) in [5.74, 6) is 0.842. The summed E-state index contributed by atoms with van der Waals surface area (Å²) >= 11 is 1.58. The highest BCUT2D eigenvalue weighted by Gasteiger charge is 2.20. The van der Waals surface area contributed by atoms with E-state index < -0.39 is 0 Å². The van der Waals surface area contributed by atoms with Gasteiger partial charge in [0.15, 0.2) is 5.13 Å². The number of quaternary nitrogens is 1. The van der Waals surface area contributed by atoms with E-state index in [0.717, 1.165) is 34.1 Å². The van der Waals surface area contributed by atoms with Gasteiger partial charge >= 0.3 is 0 Å². The lowest BCUT2D eigenvalue weighted by Crippen LogP contribution is -3.05. The van der Waals surface area contributed by atoms with E-state index in [1.54, 1.807) is 11.3 Å². The molecule has 0 aliphatic rings. The molecule has 3 rings (SSSR count). The number of aromatic nitrogens is 1. The maximum atomic E-state index is 13.0. The fourth-order valence-corrected chi connectivity index (χ4v) is 4.07. The van der Waals surface area contributed by atoms with Gasteiger partial charge in [-0.3, -0.25) is 9.69 Å². The number of fused-ring (bicyclic) bond motifs is 1. The fourth-order valence-electron chi connectivity index (χ4n) is 2.96. The molecule has 148 valence electrons. The Labute approximate surface area is 170 Å². The van der Waals surface area contributed by atoms with Crippen LogP contribution in [-0.2, 0) is 4.79 Å². The van der Waals surface area contributed by atoms with Crippen molar-refractivity contribution in [3.8, 4) is 5.75 Å². The Hall–Kier alpha value is -2.44. The third-order valence-corrected chi connectivity index (χ3v) is 5.49. The quantitative estimate of drug-likeness (QED) is 0.603. The summed E-state index contributed by atoms with van der Waals surface area (Å²) in [6.45, 7) is 4.12. The number of hydrogen-bond donors (Lipinski definition) is 1. The first-order chi connectivity index (χ1) is 13.5. The third-order valence-electron chi connectivity index (χ3n) is 4.45. The summed E-state index contributed by atoms with van der Waals surface area (Å²) in [4.78, 5) is 20.9. The minimum absolute atomic E-state index is 0.0560. The van der Waals surface area contributed by atoms with Crippen molar-refractivity contribution in [3.05, 3.63) is 54.1 Å². The average Bonchev–Trinajstić information content (AvgIpc) is 3.08. The standard InChI is InChI=1S/C22H27N3O2S/c1-17-10-11-19-20(16-17)28-22(23-19)25(14-7-13-24(2)3)21(26)12-15-27-18-8-5-4-6-9-18/h4-6,8-11,16H,7,12-15H2,1-3H3/p+1. The predicted octanol–water partition coefficient (Wildman–Crippen LogP) is 2.94. The van der Waals surface area contributed by atoms with E-state index in [4.69, 9.17) is 9.72 Å². The molecule has 0 atom stereocenters. The number of nitrogens with zero attached hydrogens (tertiary/aromatic N) is 2. The number of rotatable bonds is 9. The number of nitrogens with one attached hydrogen (secondary N) is 1. The van der Waals surface area contributed by atoms with Gasteiger partial charge in [-0.15, -0.1) is 0 Å². The van der Waals surface area contributed by atoms with E-state index in [0.29, 0.717) is 19.6 Å². The van der Waals surface area contributed by atoms with Crippen LogP contribution < -0.4 is 14.5 Å². The molecule has 1 aromatic heterocycles. The lowest BCUT2D eigenvalue weighted by atomic mass is 10.2. The van der Waals surface area contributed by atoms with Gasteiger partial charge in [0.05, 0.1) is 43.9 Å². The molecule has 0 spiro atoms. The monoisotopic (exact) mass is 398 g/mol. The lowest BCUT2D eigenvalue weighted by molar-refractivity contribution is -0.858. The molecule has 0 aliphatic heterocycles. The molecule has 0 fully saturated rings. The first-order valence-electron chi connectivity index (χ1n) is 9.67. The van der Waals surface area contributed by atoms with E-state index >= 15 is 0 Å². The number of carbonyl (C=O) groups is 1. The van der Waals surface area contributed by atoms with Gasteiger partial charge in [-0.2, -0.15) is 0 Å². The van der Waals surface area contributed by atoms with Gasteiger partial charge in [0.1, 0.15) is 5.75 Å². The van der Waals surface area contributed by atoms with E-state index in [1.807, 2.05) is 41.3 Å². The number of para-hydroxylation sites is 1. The van der Waals surface area contributed by atoms with Gasteiger partial charge in [0.25, 0.3) is 0 Å². The van der Waals surface area contributed by atoms with Crippen molar-refractivity contribution >= 4 is 32.6 Å². The van der Waals surface area contributed by atoms with Crippen molar-refractivity contribution < 1.29 is 14.4 Å². The second-order valence-electron chi connectivity index (χ2n) is 7.24. The SMILES string of the molecule is Cc1ccc2nc(N(CCC[NH+](C)C)C(=O)CCOc3ccccc3)sc2c1. The summed E-state index contributed by atoms with van der Waals surface area (Å²) in [6.07, 6.45) is 1.27. The van der Waals surface area contributed by atoms with E-state index in [-0.39, 0.29) is 5.91 Å². The zero-order valence-corrected chi connectivity index (χ0v) is 17.6. The highest BCUT2D eigenvalue weighted by atomic mass is 32.1. The molecule has 2 aromatic carbocycles. The second kappa shape index (κ2) is 9.66. The summed E-state index contributed by atoms with van der Waals surface area (Å²) in [5, 5.41) is 0.777. The zero-order valence-electron chi connectivity index (χ0n) is 16.8. The van der Waals surface area contributed by atoms with Crippen molar-refractivity contribution in [3.63, 3.8) is 0 Å². The highest BCUT2D eigenvalue weighted by molar-refractivity contribution is 7.22. The largest absolute Gasteiger partial charge is 0.493 e. The predicted molar refractivity (Wildman–Crippen MR) is 116 cm³/mol. The molecule has 0 radical (unpaired) electrons. The van der Waals surface area contributed by atoms with Crippen LogP contribution in [-0.4, -0.2) is 44.7 Å². The number of hydrogen-bond acceptors (Lipinski definition) is 4. The van der Waals surface area contributed by atoms with Gasteiger partial charge in [0, 0.05) is 13.0 Å². The van der Waals surface area contributed by atoms with Crippen LogP contribution in [0.5, 0.6) is 5.75 Å². The Bertz CT molecular complexity index is 909. The van der Waals surface area contributed by atoms with Crippen molar-refractivity contribution in [2.75, 3.05) is 38.7 Å². The van der Waals surface area contributed by atoms with Crippen LogP contribution >= 0.6 is 11.3 Å². The summed E-state index contributed by atoms with van der Waals surface area (Å²) in [5.41, 5.74) is 2.15. The van der Waals surface area contributed by atoms with Crippen molar-refractivity contribution in [2.24, 2.45) is 0 Å². The Morgan fingerprint density at radius 3 is 2.71 bits per heavy atom. The van der Waals surface area contributed by atoms with Crippen LogP contribution in [0.2, 0.25) is 0 Å². The number of anilines is 1. The molecule has 1 amide bonds. The van der Waals surface area contributed by atoms with Crippen molar-refractivity contribution in [2.45, 2.75) is 19.8 Å². The maximum absolute atomic E-state index is 13.0. The fraction of sp³-hybridized carbons (Fsp3) is 0.364.